The van der Waals surface area contributed by atoms with E-state index in [1.54, 1.807) is 0 Å². The Morgan fingerprint density at radius 3 is 2.47 bits per heavy atom. The number of carboxylic acids is 1. The van der Waals surface area contributed by atoms with Gasteiger partial charge in [0, 0.05) is 11.1 Å². The van der Waals surface area contributed by atoms with Crippen LogP contribution >= 0.6 is 0 Å². The number of aldehydes is 1. The van der Waals surface area contributed by atoms with Crippen LogP contribution in [0.15, 0.2) is 18.2 Å². The lowest BCUT2D eigenvalue weighted by Crippen LogP contribution is -2.03. The number of ketones is 1. The number of carbonyl (C=O) groups is 3. The van der Waals surface area contributed by atoms with Gasteiger partial charge in [0.2, 0.25) is 0 Å². The highest BCUT2D eigenvalue weighted by molar-refractivity contribution is 5.96. The summed E-state index contributed by atoms with van der Waals surface area (Å²) >= 11 is 0. The van der Waals surface area contributed by atoms with Crippen molar-refractivity contribution in [3.63, 3.8) is 0 Å². The fraction of sp³-hybridized carbons (Fsp3) is 0.182. The van der Waals surface area contributed by atoms with E-state index in [-0.39, 0.29) is 12.2 Å². The van der Waals surface area contributed by atoms with E-state index in [4.69, 9.17) is 5.11 Å². The molecule has 1 aromatic rings. The van der Waals surface area contributed by atoms with Crippen LogP contribution in [-0.2, 0) is 11.2 Å². The Hall–Kier alpha value is -1.97. The second kappa shape index (κ2) is 4.50. The van der Waals surface area contributed by atoms with E-state index in [0.717, 1.165) is 0 Å². The van der Waals surface area contributed by atoms with Crippen molar-refractivity contribution in [3.8, 4) is 0 Å². The minimum Gasteiger partial charge on any atom is -0.481 e. The van der Waals surface area contributed by atoms with Crippen molar-refractivity contribution < 1.29 is 19.5 Å². The van der Waals surface area contributed by atoms with Crippen LogP contribution in [0, 0.1) is 0 Å². The lowest BCUT2D eigenvalue weighted by molar-refractivity contribution is -0.136. The van der Waals surface area contributed by atoms with Crippen molar-refractivity contribution in [2.75, 3.05) is 0 Å². The Labute approximate surface area is 86.5 Å². The van der Waals surface area contributed by atoms with E-state index in [2.05, 4.69) is 0 Å². The molecule has 0 spiro atoms. The molecule has 0 unspecified atom stereocenters. The smallest absolute Gasteiger partial charge is 0.307 e. The largest absolute Gasteiger partial charge is 0.481 e. The maximum absolute atomic E-state index is 11.1. The summed E-state index contributed by atoms with van der Waals surface area (Å²) in [5, 5.41) is 8.59. The fourth-order valence-electron chi connectivity index (χ4n) is 1.27. The molecule has 4 heteroatoms. The van der Waals surface area contributed by atoms with Crippen molar-refractivity contribution in [1.82, 2.24) is 0 Å². The predicted octanol–water partition coefficient (Wildman–Crippen LogP) is 1.33. The summed E-state index contributed by atoms with van der Waals surface area (Å²) in [5.74, 6) is -1.18. The van der Waals surface area contributed by atoms with Crippen LogP contribution < -0.4 is 0 Å². The Kier molecular flexibility index (Phi) is 3.33. The van der Waals surface area contributed by atoms with E-state index >= 15 is 0 Å². The first-order valence-electron chi connectivity index (χ1n) is 4.35. The third-order valence-corrected chi connectivity index (χ3v) is 1.91. The summed E-state index contributed by atoms with van der Waals surface area (Å²) in [6.07, 6.45) is 0.403. The van der Waals surface area contributed by atoms with Gasteiger partial charge in [-0.2, -0.15) is 0 Å². The molecule has 1 aromatic carbocycles. The zero-order valence-corrected chi connectivity index (χ0v) is 8.19. The molecule has 0 fully saturated rings. The molecule has 15 heavy (non-hydrogen) atoms. The molecular formula is C11H10O4. The number of rotatable bonds is 4. The summed E-state index contributed by atoms with van der Waals surface area (Å²) in [6, 6.07) is 4.40. The van der Waals surface area contributed by atoms with Crippen molar-refractivity contribution in [2.24, 2.45) is 0 Å². The van der Waals surface area contributed by atoms with Gasteiger partial charge in [0.25, 0.3) is 0 Å². The molecule has 0 aliphatic rings. The Morgan fingerprint density at radius 1 is 1.33 bits per heavy atom. The molecule has 4 nitrogen and oxygen atoms in total. The van der Waals surface area contributed by atoms with Crippen molar-refractivity contribution in [2.45, 2.75) is 13.3 Å². The first kappa shape index (κ1) is 11.1. The summed E-state index contributed by atoms with van der Waals surface area (Å²) in [5.41, 5.74) is 1.13. The Morgan fingerprint density at radius 2 is 2.00 bits per heavy atom. The maximum Gasteiger partial charge on any atom is 0.307 e. The van der Waals surface area contributed by atoms with Crippen LogP contribution in [0.4, 0.5) is 0 Å². The van der Waals surface area contributed by atoms with E-state index in [9.17, 15) is 14.4 Å². The molecule has 0 radical (unpaired) electrons. The predicted molar refractivity (Wildman–Crippen MR) is 53.2 cm³/mol. The lowest BCUT2D eigenvalue weighted by atomic mass is 10.0. The molecule has 0 atom stereocenters. The number of hydrogen-bond acceptors (Lipinski definition) is 3. The lowest BCUT2D eigenvalue weighted by Gasteiger charge is -2.02. The van der Waals surface area contributed by atoms with Gasteiger partial charge in [-0.15, -0.1) is 0 Å². The van der Waals surface area contributed by atoms with Gasteiger partial charge in [0.1, 0.15) is 6.29 Å². The zero-order valence-electron chi connectivity index (χ0n) is 8.19. The molecule has 0 heterocycles. The number of aliphatic carboxylic acids is 1. The number of Topliss-reactive ketones (excluding diaryl/α,β-unsaturated/α-hetero) is 1. The molecular weight excluding hydrogens is 196 g/mol. The van der Waals surface area contributed by atoms with Gasteiger partial charge in [-0.25, -0.2) is 0 Å². The summed E-state index contributed by atoms with van der Waals surface area (Å²) in [7, 11) is 0. The van der Waals surface area contributed by atoms with Crippen LogP contribution in [0.2, 0.25) is 0 Å². The SMILES string of the molecule is CC(=O)c1cc(C=O)cc(CC(=O)O)c1. The van der Waals surface area contributed by atoms with Crippen LogP contribution in [0.5, 0.6) is 0 Å². The van der Waals surface area contributed by atoms with Gasteiger partial charge in [-0.1, -0.05) is 0 Å². The number of hydrogen-bond donors (Lipinski definition) is 1. The molecule has 0 saturated heterocycles. The van der Waals surface area contributed by atoms with Gasteiger partial charge in [-0.3, -0.25) is 14.4 Å². The molecule has 0 amide bonds. The molecule has 0 aliphatic heterocycles. The van der Waals surface area contributed by atoms with E-state index < -0.39 is 5.97 Å². The Balaban J connectivity index is 3.16. The number of benzene rings is 1. The third-order valence-electron chi connectivity index (χ3n) is 1.91. The topological polar surface area (TPSA) is 71.4 Å². The van der Waals surface area contributed by atoms with Gasteiger partial charge < -0.3 is 5.11 Å². The average molecular weight is 206 g/mol. The summed E-state index contributed by atoms with van der Waals surface area (Å²) in [4.78, 5) is 32.1. The van der Waals surface area contributed by atoms with Crippen molar-refractivity contribution in [3.05, 3.63) is 34.9 Å². The molecule has 0 saturated carbocycles. The average Bonchev–Trinajstić information content (AvgIpc) is 2.16. The standard InChI is InChI=1S/C11H10O4/c1-7(13)10-3-8(5-11(14)15)2-9(4-10)6-12/h2-4,6H,5H2,1H3,(H,14,15). The zero-order chi connectivity index (χ0) is 11.4. The van der Waals surface area contributed by atoms with Crippen LogP contribution in [0.25, 0.3) is 0 Å². The fourth-order valence-corrected chi connectivity index (χ4v) is 1.27. The highest BCUT2D eigenvalue weighted by Crippen LogP contribution is 2.10. The molecule has 1 N–H and O–H groups in total. The molecule has 1 rings (SSSR count). The maximum atomic E-state index is 11.1. The minimum atomic E-state index is -0.993. The first-order valence-corrected chi connectivity index (χ1v) is 4.35. The second-order valence-corrected chi connectivity index (χ2v) is 3.21. The quantitative estimate of drug-likeness (QED) is 0.595. The highest BCUT2D eigenvalue weighted by Gasteiger charge is 2.07. The summed E-state index contributed by atoms with van der Waals surface area (Å²) < 4.78 is 0. The highest BCUT2D eigenvalue weighted by atomic mass is 16.4. The normalized spacial score (nSPS) is 9.67. The van der Waals surface area contributed by atoms with Gasteiger partial charge in [-0.05, 0) is 30.7 Å². The first-order chi connectivity index (χ1) is 7.02. The van der Waals surface area contributed by atoms with Crippen molar-refractivity contribution >= 4 is 18.0 Å². The molecule has 0 aliphatic carbocycles. The summed E-state index contributed by atoms with van der Waals surface area (Å²) in [6.45, 7) is 1.37. The Bertz CT molecular complexity index is 421. The number of carboxylic acid groups (broad SMARTS) is 1. The van der Waals surface area contributed by atoms with Crippen molar-refractivity contribution in [1.29, 1.82) is 0 Å². The third kappa shape index (κ3) is 3.02. The number of carbonyl (C=O) groups excluding carboxylic acids is 2. The van der Waals surface area contributed by atoms with Crippen LogP contribution in [0.3, 0.4) is 0 Å². The molecule has 0 aromatic heterocycles. The van der Waals surface area contributed by atoms with Gasteiger partial charge >= 0.3 is 5.97 Å². The molecule has 0 bridgehead atoms. The van der Waals surface area contributed by atoms with Gasteiger partial charge in [0.05, 0.1) is 6.42 Å². The van der Waals surface area contributed by atoms with Crippen LogP contribution in [0.1, 0.15) is 33.2 Å². The van der Waals surface area contributed by atoms with E-state index in [0.29, 0.717) is 23.0 Å². The van der Waals surface area contributed by atoms with E-state index in [1.165, 1.54) is 25.1 Å². The van der Waals surface area contributed by atoms with Gasteiger partial charge in [0.15, 0.2) is 5.78 Å². The van der Waals surface area contributed by atoms with E-state index in [1.807, 2.05) is 0 Å². The minimum absolute atomic E-state index is 0.190. The monoisotopic (exact) mass is 206 g/mol. The molecule has 78 valence electrons. The second-order valence-electron chi connectivity index (χ2n) is 3.21. The van der Waals surface area contributed by atoms with Crippen LogP contribution in [-0.4, -0.2) is 23.1 Å².